The number of fused-ring (bicyclic) bond motifs is 1. The summed E-state index contributed by atoms with van der Waals surface area (Å²) in [6.45, 7) is 0.0800. The van der Waals surface area contributed by atoms with Crippen LogP contribution in [0.25, 0.3) is 0 Å². The standard InChI is InChI=1S/C16H16O4/c17-9-13(11-4-2-1-3-5-11)16(18)12-6-7-14-15(8-12)20-10-19-14/h1-8,13,16-18H,9-10H2. The van der Waals surface area contributed by atoms with E-state index >= 15 is 0 Å². The number of aliphatic hydroxyl groups excluding tert-OH is 2. The average molecular weight is 272 g/mol. The Labute approximate surface area is 117 Å². The molecule has 1 aliphatic rings. The van der Waals surface area contributed by atoms with E-state index in [9.17, 15) is 10.2 Å². The van der Waals surface area contributed by atoms with Crippen LogP contribution in [0, 0.1) is 0 Å². The highest BCUT2D eigenvalue weighted by molar-refractivity contribution is 5.45. The Balaban J connectivity index is 1.89. The Morgan fingerprint density at radius 1 is 0.950 bits per heavy atom. The van der Waals surface area contributed by atoms with Crippen molar-refractivity contribution in [3.63, 3.8) is 0 Å². The maximum Gasteiger partial charge on any atom is 0.231 e. The smallest absolute Gasteiger partial charge is 0.231 e. The van der Waals surface area contributed by atoms with Crippen LogP contribution in [-0.2, 0) is 0 Å². The van der Waals surface area contributed by atoms with Crippen LogP contribution < -0.4 is 9.47 Å². The van der Waals surface area contributed by atoms with Gasteiger partial charge in [0.25, 0.3) is 0 Å². The van der Waals surface area contributed by atoms with Gasteiger partial charge in [0.2, 0.25) is 6.79 Å². The van der Waals surface area contributed by atoms with E-state index in [4.69, 9.17) is 9.47 Å². The van der Waals surface area contributed by atoms with Crippen molar-refractivity contribution < 1.29 is 19.7 Å². The summed E-state index contributed by atoms with van der Waals surface area (Å²) < 4.78 is 10.6. The lowest BCUT2D eigenvalue weighted by Gasteiger charge is -2.22. The average Bonchev–Trinajstić information content (AvgIpc) is 2.96. The molecule has 1 heterocycles. The summed E-state index contributed by atoms with van der Waals surface area (Å²) in [5, 5.41) is 20.1. The van der Waals surface area contributed by atoms with Crippen molar-refractivity contribution in [2.24, 2.45) is 0 Å². The Kier molecular flexibility index (Phi) is 3.58. The highest BCUT2D eigenvalue weighted by atomic mass is 16.7. The lowest BCUT2D eigenvalue weighted by molar-refractivity contribution is 0.107. The second kappa shape index (κ2) is 5.53. The largest absolute Gasteiger partial charge is 0.454 e. The van der Waals surface area contributed by atoms with E-state index in [0.717, 1.165) is 5.56 Å². The molecule has 0 saturated carbocycles. The SMILES string of the molecule is OCC(c1ccccc1)C(O)c1ccc2c(c1)OCO2. The Bertz CT molecular complexity index is 582. The molecular formula is C16H16O4. The summed E-state index contributed by atoms with van der Waals surface area (Å²) in [5.74, 6) is 0.948. The molecule has 2 aromatic rings. The minimum absolute atomic E-state index is 0.125. The normalized spacial score (nSPS) is 15.9. The first kappa shape index (κ1) is 13.0. The van der Waals surface area contributed by atoms with Crippen LogP contribution in [0.2, 0.25) is 0 Å². The molecular weight excluding hydrogens is 256 g/mol. The first-order chi connectivity index (χ1) is 9.79. The van der Waals surface area contributed by atoms with Crippen molar-refractivity contribution in [2.75, 3.05) is 13.4 Å². The van der Waals surface area contributed by atoms with E-state index in [1.165, 1.54) is 0 Å². The second-order valence-electron chi connectivity index (χ2n) is 4.76. The van der Waals surface area contributed by atoms with Gasteiger partial charge in [0.05, 0.1) is 12.7 Å². The van der Waals surface area contributed by atoms with Crippen LogP contribution in [0.4, 0.5) is 0 Å². The first-order valence-corrected chi connectivity index (χ1v) is 6.53. The molecule has 1 aliphatic heterocycles. The zero-order chi connectivity index (χ0) is 13.9. The van der Waals surface area contributed by atoms with Gasteiger partial charge in [-0.25, -0.2) is 0 Å². The quantitative estimate of drug-likeness (QED) is 0.896. The molecule has 0 amide bonds. The molecule has 0 aliphatic carbocycles. The van der Waals surface area contributed by atoms with Crippen LogP contribution >= 0.6 is 0 Å². The molecule has 0 radical (unpaired) electrons. The molecule has 0 spiro atoms. The van der Waals surface area contributed by atoms with Gasteiger partial charge >= 0.3 is 0 Å². The first-order valence-electron chi connectivity index (χ1n) is 6.53. The molecule has 104 valence electrons. The number of hydrogen-bond donors (Lipinski definition) is 2. The maximum atomic E-state index is 10.5. The van der Waals surface area contributed by atoms with Crippen molar-refractivity contribution in [3.05, 3.63) is 59.7 Å². The van der Waals surface area contributed by atoms with Gasteiger partial charge in [-0.3, -0.25) is 0 Å². The number of hydrogen-bond acceptors (Lipinski definition) is 4. The molecule has 4 nitrogen and oxygen atoms in total. The molecule has 2 aromatic carbocycles. The lowest BCUT2D eigenvalue weighted by Crippen LogP contribution is -2.14. The van der Waals surface area contributed by atoms with Crippen LogP contribution in [-0.4, -0.2) is 23.6 Å². The Morgan fingerprint density at radius 2 is 1.70 bits per heavy atom. The summed E-state index contributed by atoms with van der Waals surface area (Å²) in [5.41, 5.74) is 1.61. The number of ether oxygens (including phenoxy) is 2. The third-order valence-electron chi connectivity index (χ3n) is 3.54. The van der Waals surface area contributed by atoms with Gasteiger partial charge in [-0.1, -0.05) is 36.4 Å². The van der Waals surface area contributed by atoms with Gasteiger partial charge < -0.3 is 19.7 Å². The summed E-state index contributed by atoms with van der Waals surface area (Å²) in [4.78, 5) is 0. The Hall–Kier alpha value is -2.04. The van der Waals surface area contributed by atoms with Gasteiger partial charge in [0.1, 0.15) is 0 Å². The molecule has 0 aromatic heterocycles. The fourth-order valence-electron chi connectivity index (χ4n) is 2.42. The molecule has 0 fully saturated rings. The van der Waals surface area contributed by atoms with Gasteiger partial charge in [-0.15, -0.1) is 0 Å². The van der Waals surface area contributed by atoms with E-state index in [2.05, 4.69) is 0 Å². The predicted octanol–water partition coefficient (Wildman–Crippen LogP) is 2.22. The molecule has 3 rings (SSSR count). The topological polar surface area (TPSA) is 58.9 Å². The minimum Gasteiger partial charge on any atom is -0.454 e. The van der Waals surface area contributed by atoms with Crippen molar-refractivity contribution in [1.82, 2.24) is 0 Å². The van der Waals surface area contributed by atoms with E-state index in [0.29, 0.717) is 17.1 Å². The van der Waals surface area contributed by atoms with E-state index in [1.54, 1.807) is 18.2 Å². The van der Waals surface area contributed by atoms with E-state index < -0.39 is 6.10 Å². The van der Waals surface area contributed by atoms with Gasteiger partial charge in [-0.05, 0) is 23.3 Å². The van der Waals surface area contributed by atoms with Crippen molar-refractivity contribution in [1.29, 1.82) is 0 Å². The van der Waals surface area contributed by atoms with Crippen molar-refractivity contribution in [2.45, 2.75) is 12.0 Å². The zero-order valence-corrected chi connectivity index (χ0v) is 10.9. The molecule has 2 N–H and O–H groups in total. The molecule has 4 heteroatoms. The third-order valence-corrected chi connectivity index (χ3v) is 3.54. The minimum atomic E-state index is -0.795. The van der Waals surface area contributed by atoms with Gasteiger partial charge in [-0.2, -0.15) is 0 Å². The third kappa shape index (κ3) is 2.35. The fourth-order valence-corrected chi connectivity index (χ4v) is 2.42. The maximum absolute atomic E-state index is 10.5. The van der Waals surface area contributed by atoms with Crippen molar-refractivity contribution >= 4 is 0 Å². The number of aliphatic hydroxyl groups is 2. The van der Waals surface area contributed by atoms with E-state index in [1.807, 2.05) is 30.3 Å². The molecule has 0 bridgehead atoms. The highest BCUT2D eigenvalue weighted by Gasteiger charge is 2.24. The van der Waals surface area contributed by atoms with Crippen LogP contribution in [0.15, 0.2) is 48.5 Å². The zero-order valence-electron chi connectivity index (χ0n) is 10.9. The summed E-state index contributed by atoms with van der Waals surface area (Å²) >= 11 is 0. The lowest BCUT2D eigenvalue weighted by atomic mass is 9.90. The van der Waals surface area contributed by atoms with Crippen LogP contribution in [0.3, 0.4) is 0 Å². The van der Waals surface area contributed by atoms with Gasteiger partial charge in [0, 0.05) is 5.92 Å². The van der Waals surface area contributed by atoms with Crippen molar-refractivity contribution in [3.8, 4) is 11.5 Å². The molecule has 20 heavy (non-hydrogen) atoms. The molecule has 2 atom stereocenters. The highest BCUT2D eigenvalue weighted by Crippen LogP contribution is 2.37. The summed E-state index contributed by atoms with van der Waals surface area (Å²) in [7, 11) is 0. The molecule has 2 unspecified atom stereocenters. The monoisotopic (exact) mass is 272 g/mol. The van der Waals surface area contributed by atoms with E-state index in [-0.39, 0.29) is 19.3 Å². The number of benzene rings is 2. The number of rotatable bonds is 4. The second-order valence-corrected chi connectivity index (χ2v) is 4.76. The molecule has 0 saturated heterocycles. The van der Waals surface area contributed by atoms with Crippen LogP contribution in [0.5, 0.6) is 11.5 Å². The van der Waals surface area contributed by atoms with Crippen LogP contribution in [0.1, 0.15) is 23.1 Å². The Morgan fingerprint density at radius 3 is 2.45 bits per heavy atom. The summed E-state index contributed by atoms with van der Waals surface area (Å²) in [6.07, 6.45) is -0.795. The summed E-state index contributed by atoms with van der Waals surface area (Å²) in [6, 6.07) is 14.8. The van der Waals surface area contributed by atoms with Gasteiger partial charge in [0.15, 0.2) is 11.5 Å². The predicted molar refractivity (Wildman–Crippen MR) is 73.8 cm³/mol. The fraction of sp³-hybridized carbons (Fsp3) is 0.250.